The fourth-order valence-electron chi connectivity index (χ4n) is 2.05. The van der Waals surface area contributed by atoms with Gasteiger partial charge in [0.25, 0.3) is 0 Å². The number of halogens is 1. The maximum Gasteiger partial charge on any atom is 0.335 e. The van der Waals surface area contributed by atoms with E-state index in [4.69, 9.17) is 9.84 Å². The predicted molar refractivity (Wildman–Crippen MR) is 92.2 cm³/mol. The topological polar surface area (TPSA) is 70.3 Å². The lowest BCUT2D eigenvalue weighted by atomic mass is 10.0. The highest BCUT2D eigenvalue weighted by molar-refractivity contribution is 9.10. The molecule has 0 atom stereocenters. The Kier molecular flexibility index (Phi) is 5.56. The fraction of sp³-hybridized carbons (Fsp3) is 0.111. The Hall–Kier alpha value is -2.58. The van der Waals surface area contributed by atoms with Crippen LogP contribution in [-0.4, -0.2) is 17.7 Å². The number of carboxylic acids is 1. The third-order valence-corrected chi connectivity index (χ3v) is 3.66. The van der Waals surface area contributed by atoms with E-state index in [2.05, 4.69) is 22.0 Å². The molecule has 5 heteroatoms. The third-order valence-electron chi connectivity index (χ3n) is 3.13. The number of allylic oxidation sites excluding steroid dienone is 1. The monoisotopic (exact) mass is 371 g/mol. The highest BCUT2D eigenvalue weighted by Gasteiger charge is 2.10. The Morgan fingerprint density at radius 3 is 2.48 bits per heavy atom. The Morgan fingerprint density at radius 2 is 1.91 bits per heavy atom. The number of rotatable bonds is 5. The van der Waals surface area contributed by atoms with Crippen molar-refractivity contribution < 1.29 is 14.6 Å². The number of hydrogen-bond acceptors (Lipinski definition) is 3. The van der Waals surface area contributed by atoms with Gasteiger partial charge in [0.2, 0.25) is 0 Å². The lowest BCUT2D eigenvalue weighted by Crippen LogP contribution is -2.00. The first-order chi connectivity index (χ1) is 11.0. The average Bonchev–Trinajstić information content (AvgIpc) is 2.55. The smallest absolute Gasteiger partial charge is 0.335 e. The minimum absolute atomic E-state index is 0.146. The van der Waals surface area contributed by atoms with E-state index < -0.39 is 5.97 Å². The van der Waals surface area contributed by atoms with Crippen LogP contribution in [0.3, 0.4) is 0 Å². The minimum atomic E-state index is -1.02. The standard InChI is InChI=1S/C18H14BrNO3/c1-2-23-17-8-5-13(18(21)22)9-14(17)10-15(11-20)12-3-6-16(19)7-4-12/h3-10H,2H2,1H3,(H,21,22)/b15-10+. The van der Waals surface area contributed by atoms with E-state index in [9.17, 15) is 10.1 Å². The summed E-state index contributed by atoms with van der Waals surface area (Å²) in [4.78, 5) is 11.2. The van der Waals surface area contributed by atoms with Crippen LogP contribution < -0.4 is 4.74 Å². The van der Waals surface area contributed by atoms with Crippen molar-refractivity contribution in [1.29, 1.82) is 5.26 Å². The van der Waals surface area contributed by atoms with Gasteiger partial charge in [-0.05, 0) is 48.9 Å². The van der Waals surface area contributed by atoms with Crippen LogP contribution >= 0.6 is 15.9 Å². The molecule has 116 valence electrons. The van der Waals surface area contributed by atoms with Gasteiger partial charge in [-0.2, -0.15) is 5.26 Å². The second-order valence-electron chi connectivity index (χ2n) is 4.67. The Bertz CT molecular complexity index is 789. The van der Waals surface area contributed by atoms with Gasteiger partial charge in [-0.3, -0.25) is 0 Å². The van der Waals surface area contributed by atoms with E-state index in [1.54, 1.807) is 12.1 Å². The number of carbonyl (C=O) groups is 1. The van der Waals surface area contributed by atoms with Crippen LogP contribution in [0.2, 0.25) is 0 Å². The maximum absolute atomic E-state index is 11.2. The number of nitriles is 1. The van der Waals surface area contributed by atoms with Crippen molar-refractivity contribution in [1.82, 2.24) is 0 Å². The zero-order valence-corrected chi connectivity index (χ0v) is 14.0. The SMILES string of the molecule is CCOc1ccc(C(=O)O)cc1/C=C(\C#N)c1ccc(Br)cc1. The van der Waals surface area contributed by atoms with Crippen molar-refractivity contribution in [2.75, 3.05) is 6.61 Å². The van der Waals surface area contributed by atoms with Gasteiger partial charge in [-0.1, -0.05) is 28.1 Å². The van der Waals surface area contributed by atoms with Crippen LogP contribution in [-0.2, 0) is 0 Å². The molecule has 23 heavy (non-hydrogen) atoms. The molecule has 0 saturated carbocycles. The van der Waals surface area contributed by atoms with Gasteiger partial charge in [0.15, 0.2) is 0 Å². The second kappa shape index (κ2) is 7.61. The van der Waals surface area contributed by atoms with Crippen LogP contribution in [0, 0.1) is 11.3 Å². The summed E-state index contributed by atoms with van der Waals surface area (Å²) in [5.74, 6) is -0.479. The average molecular weight is 372 g/mol. The molecule has 0 aliphatic heterocycles. The Morgan fingerprint density at radius 1 is 1.26 bits per heavy atom. The molecule has 0 aliphatic carbocycles. The van der Waals surface area contributed by atoms with Crippen molar-refractivity contribution >= 4 is 33.5 Å². The highest BCUT2D eigenvalue weighted by Crippen LogP contribution is 2.26. The van der Waals surface area contributed by atoms with Crippen molar-refractivity contribution in [2.24, 2.45) is 0 Å². The van der Waals surface area contributed by atoms with Crippen molar-refractivity contribution in [3.05, 3.63) is 63.6 Å². The molecule has 4 nitrogen and oxygen atoms in total. The van der Waals surface area contributed by atoms with Gasteiger partial charge in [-0.25, -0.2) is 4.79 Å². The third kappa shape index (κ3) is 4.21. The first-order valence-electron chi connectivity index (χ1n) is 6.93. The zero-order valence-electron chi connectivity index (χ0n) is 12.4. The largest absolute Gasteiger partial charge is 0.493 e. The van der Waals surface area contributed by atoms with E-state index in [-0.39, 0.29) is 5.56 Å². The number of ether oxygens (including phenoxy) is 1. The molecule has 0 fully saturated rings. The van der Waals surface area contributed by atoms with E-state index in [1.165, 1.54) is 12.1 Å². The quantitative estimate of drug-likeness (QED) is 0.615. The van der Waals surface area contributed by atoms with Gasteiger partial charge < -0.3 is 9.84 Å². The normalized spacial score (nSPS) is 10.9. The molecule has 0 radical (unpaired) electrons. The van der Waals surface area contributed by atoms with Crippen LogP contribution in [0.5, 0.6) is 5.75 Å². The summed E-state index contributed by atoms with van der Waals surface area (Å²) in [5, 5.41) is 18.6. The molecule has 2 rings (SSSR count). The first-order valence-corrected chi connectivity index (χ1v) is 7.72. The maximum atomic E-state index is 11.2. The highest BCUT2D eigenvalue weighted by atomic mass is 79.9. The van der Waals surface area contributed by atoms with Crippen LogP contribution in [0.1, 0.15) is 28.4 Å². The first kappa shape index (κ1) is 16.8. The van der Waals surface area contributed by atoms with E-state index in [0.717, 1.165) is 10.0 Å². The second-order valence-corrected chi connectivity index (χ2v) is 5.58. The lowest BCUT2D eigenvalue weighted by molar-refractivity contribution is 0.0697. The van der Waals surface area contributed by atoms with E-state index in [0.29, 0.717) is 23.5 Å². The number of benzene rings is 2. The molecule has 0 saturated heterocycles. The summed E-state index contributed by atoms with van der Waals surface area (Å²) in [5.41, 5.74) is 1.89. The molecule has 0 bridgehead atoms. The molecular weight excluding hydrogens is 358 g/mol. The number of nitrogens with zero attached hydrogens (tertiary/aromatic N) is 1. The Balaban J connectivity index is 2.53. The molecule has 0 spiro atoms. The minimum Gasteiger partial charge on any atom is -0.493 e. The summed E-state index contributed by atoms with van der Waals surface area (Å²) >= 11 is 3.35. The number of carboxylic acid groups (broad SMARTS) is 1. The molecule has 0 aromatic heterocycles. The van der Waals surface area contributed by atoms with Crippen LogP contribution in [0.15, 0.2) is 46.9 Å². The van der Waals surface area contributed by atoms with Crippen molar-refractivity contribution in [2.45, 2.75) is 6.92 Å². The van der Waals surface area contributed by atoms with Gasteiger partial charge in [-0.15, -0.1) is 0 Å². The molecule has 1 N–H and O–H groups in total. The van der Waals surface area contributed by atoms with Crippen LogP contribution in [0.4, 0.5) is 0 Å². The van der Waals surface area contributed by atoms with Crippen molar-refractivity contribution in [3.8, 4) is 11.8 Å². The van der Waals surface area contributed by atoms with Gasteiger partial charge >= 0.3 is 5.97 Å². The summed E-state index contributed by atoms with van der Waals surface area (Å²) in [6, 6.07) is 14.1. The summed E-state index contributed by atoms with van der Waals surface area (Å²) in [6.45, 7) is 2.30. The predicted octanol–water partition coefficient (Wildman–Crippen LogP) is 4.61. The zero-order chi connectivity index (χ0) is 16.8. The lowest BCUT2D eigenvalue weighted by Gasteiger charge is -2.09. The van der Waals surface area contributed by atoms with Gasteiger partial charge in [0, 0.05) is 10.0 Å². The molecule has 0 unspecified atom stereocenters. The fourth-order valence-corrected chi connectivity index (χ4v) is 2.31. The van der Waals surface area contributed by atoms with Crippen molar-refractivity contribution in [3.63, 3.8) is 0 Å². The summed E-state index contributed by atoms with van der Waals surface area (Å²) in [6.07, 6.45) is 1.64. The molecule has 0 aliphatic rings. The summed E-state index contributed by atoms with van der Waals surface area (Å²) in [7, 11) is 0. The van der Waals surface area contributed by atoms with E-state index >= 15 is 0 Å². The van der Waals surface area contributed by atoms with Gasteiger partial charge in [0.05, 0.1) is 23.8 Å². The molecule has 2 aromatic rings. The molecule has 2 aromatic carbocycles. The number of hydrogen-bond donors (Lipinski definition) is 1. The summed E-state index contributed by atoms with van der Waals surface area (Å²) < 4.78 is 6.44. The van der Waals surface area contributed by atoms with Crippen LogP contribution in [0.25, 0.3) is 11.6 Å². The number of aromatic carboxylic acids is 1. The van der Waals surface area contributed by atoms with Gasteiger partial charge in [0.1, 0.15) is 5.75 Å². The Labute approximate surface area is 142 Å². The molecule has 0 heterocycles. The molecule has 0 amide bonds. The van der Waals surface area contributed by atoms with E-state index in [1.807, 2.05) is 31.2 Å². The molecular formula is C18H14BrNO3.